The second-order valence-corrected chi connectivity index (χ2v) is 6.05. The molecule has 104 valence electrons. The number of aromatic nitrogens is 1. The molecular formula is C16H16BrNO2. The van der Waals surface area contributed by atoms with Gasteiger partial charge in [0.2, 0.25) is 0 Å². The summed E-state index contributed by atoms with van der Waals surface area (Å²) in [6.45, 7) is 2.72. The van der Waals surface area contributed by atoms with Crippen molar-refractivity contribution in [1.29, 1.82) is 0 Å². The maximum Gasteiger partial charge on any atom is 0.125 e. The van der Waals surface area contributed by atoms with Crippen LogP contribution in [-0.2, 0) is 12.8 Å². The van der Waals surface area contributed by atoms with Crippen molar-refractivity contribution < 1.29 is 9.84 Å². The van der Waals surface area contributed by atoms with Crippen molar-refractivity contribution in [2.75, 3.05) is 6.61 Å². The van der Waals surface area contributed by atoms with Gasteiger partial charge in [-0.1, -0.05) is 15.9 Å². The summed E-state index contributed by atoms with van der Waals surface area (Å²) >= 11 is 3.52. The number of rotatable bonds is 3. The van der Waals surface area contributed by atoms with Crippen LogP contribution < -0.4 is 4.74 Å². The van der Waals surface area contributed by atoms with Gasteiger partial charge in [0, 0.05) is 23.5 Å². The first-order valence-electron chi connectivity index (χ1n) is 6.68. The van der Waals surface area contributed by atoms with Gasteiger partial charge in [-0.2, -0.15) is 0 Å². The molecule has 1 aliphatic rings. The molecule has 2 aromatic rings. The van der Waals surface area contributed by atoms with Crippen molar-refractivity contribution in [2.45, 2.75) is 25.9 Å². The number of benzene rings is 1. The zero-order valence-corrected chi connectivity index (χ0v) is 12.9. The van der Waals surface area contributed by atoms with Gasteiger partial charge in [0.15, 0.2) is 0 Å². The maximum absolute atomic E-state index is 10.4. The highest BCUT2D eigenvalue weighted by molar-refractivity contribution is 9.10. The lowest BCUT2D eigenvalue weighted by atomic mass is 10.0. The van der Waals surface area contributed by atoms with Gasteiger partial charge in [-0.15, -0.1) is 0 Å². The van der Waals surface area contributed by atoms with Gasteiger partial charge >= 0.3 is 0 Å². The molecule has 4 heteroatoms. The van der Waals surface area contributed by atoms with Crippen LogP contribution in [-0.4, -0.2) is 16.7 Å². The number of aliphatic hydroxyl groups excluding tert-OH is 1. The van der Waals surface area contributed by atoms with E-state index in [0.717, 1.165) is 34.4 Å². The van der Waals surface area contributed by atoms with Crippen molar-refractivity contribution in [2.24, 2.45) is 0 Å². The molecule has 0 bridgehead atoms. The van der Waals surface area contributed by atoms with E-state index in [1.807, 2.05) is 25.1 Å². The van der Waals surface area contributed by atoms with Gasteiger partial charge < -0.3 is 9.84 Å². The molecule has 0 radical (unpaired) electrons. The Morgan fingerprint density at radius 3 is 3.05 bits per heavy atom. The fourth-order valence-corrected chi connectivity index (χ4v) is 3.10. The van der Waals surface area contributed by atoms with E-state index < -0.39 is 6.10 Å². The summed E-state index contributed by atoms with van der Waals surface area (Å²) in [5, 5.41) is 10.4. The number of nitrogens with zero attached hydrogens (tertiary/aromatic N) is 1. The SMILES string of the molecule is Cc1ccnc(C(O)Cc2cc(Br)cc3c2OCC3)c1. The zero-order valence-electron chi connectivity index (χ0n) is 11.3. The van der Waals surface area contributed by atoms with Crippen LogP contribution >= 0.6 is 15.9 Å². The van der Waals surface area contributed by atoms with Gasteiger partial charge in [-0.25, -0.2) is 0 Å². The minimum absolute atomic E-state index is 0.512. The summed E-state index contributed by atoms with van der Waals surface area (Å²) in [6.07, 6.45) is 2.56. The van der Waals surface area contributed by atoms with E-state index >= 15 is 0 Å². The minimum Gasteiger partial charge on any atom is -0.493 e. The number of hydrogen-bond acceptors (Lipinski definition) is 3. The average molecular weight is 334 g/mol. The molecule has 0 fully saturated rings. The summed E-state index contributed by atoms with van der Waals surface area (Å²) in [5.41, 5.74) is 4.04. The normalized spacial score (nSPS) is 14.8. The van der Waals surface area contributed by atoms with Crippen molar-refractivity contribution in [1.82, 2.24) is 4.98 Å². The number of pyridine rings is 1. The van der Waals surface area contributed by atoms with Gasteiger partial charge in [0.1, 0.15) is 11.9 Å². The summed E-state index contributed by atoms with van der Waals surface area (Å²) in [6, 6.07) is 7.95. The van der Waals surface area contributed by atoms with Crippen LogP contribution in [0.5, 0.6) is 5.75 Å². The van der Waals surface area contributed by atoms with E-state index in [1.165, 1.54) is 5.56 Å². The molecule has 1 unspecified atom stereocenters. The molecule has 3 nitrogen and oxygen atoms in total. The predicted octanol–water partition coefficient (Wildman–Crippen LogP) is 3.36. The lowest BCUT2D eigenvalue weighted by Gasteiger charge is -2.14. The van der Waals surface area contributed by atoms with E-state index in [-0.39, 0.29) is 0 Å². The summed E-state index contributed by atoms with van der Waals surface area (Å²) in [5.74, 6) is 0.930. The molecule has 1 atom stereocenters. The average Bonchev–Trinajstić information content (AvgIpc) is 2.86. The predicted molar refractivity (Wildman–Crippen MR) is 81.0 cm³/mol. The van der Waals surface area contributed by atoms with Crippen molar-refractivity contribution in [3.8, 4) is 5.75 Å². The zero-order chi connectivity index (χ0) is 14.1. The van der Waals surface area contributed by atoms with Crippen molar-refractivity contribution >= 4 is 15.9 Å². The first kappa shape index (κ1) is 13.6. The number of aliphatic hydroxyl groups is 1. The van der Waals surface area contributed by atoms with Crippen LogP contribution in [0.25, 0.3) is 0 Å². The Bertz CT molecular complexity index is 642. The molecule has 1 N–H and O–H groups in total. The van der Waals surface area contributed by atoms with Crippen LogP contribution in [0.4, 0.5) is 0 Å². The van der Waals surface area contributed by atoms with Crippen LogP contribution in [0.1, 0.15) is 28.5 Å². The van der Waals surface area contributed by atoms with E-state index in [0.29, 0.717) is 12.1 Å². The van der Waals surface area contributed by atoms with Gasteiger partial charge in [-0.3, -0.25) is 4.98 Å². The molecule has 0 saturated heterocycles. The quantitative estimate of drug-likeness (QED) is 0.936. The Labute approximate surface area is 126 Å². The topological polar surface area (TPSA) is 42.4 Å². The van der Waals surface area contributed by atoms with Gasteiger partial charge in [0.25, 0.3) is 0 Å². The Morgan fingerprint density at radius 1 is 1.40 bits per heavy atom. The Morgan fingerprint density at radius 2 is 2.25 bits per heavy atom. The molecule has 0 aliphatic carbocycles. The summed E-state index contributed by atoms with van der Waals surface area (Å²) < 4.78 is 6.72. The molecule has 1 aromatic carbocycles. The number of fused-ring (bicyclic) bond motifs is 1. The highest BCUT2D eigenvalue weighted by atomic mass is 79.9. The van der Waals surface area contributed by atoms with Crippen LogP contribution in [0, 0.1) is 6.92 Å². The van der Waals surface area contributed by atoms with Crippen LogP contribution in [0.15, 0.2) is 34.9 Å². The fraction of sp³-hybridized carbons (Fsp3) is 0.312. The lowest BCUT2D eigenvalue weighted by Crippen LogP contribution is -2.05. The van der Waals surface area contributed by atoms with E-state index in [2.05, 4.69) is 27.0 Å². The second kappa shape index (κ2) is 5.54. The smallest absolute Gasteiger partial charge is 0.125 e. The second-order valence-electron chi connectivity index (χ2n) is 5.13. The molecule has 1 aliphatic heterocycles. The van der Waals surface area contributed by atoms with Crippen molar-refractivity contribution in [3.05, 3.63) is 57.3 Å². The van der Waals surface area contributed by atoms with Crippen LogP contribution in [0.3, 0.4) is 0 Å². The molecule has 20 heavy (non-hydrogen) atoms. The molecule has 0 amide bonds. The molecule has 0 spiro atoms. The van der Waals surface area contributed by atoms with E-state index in [4.69, 9.17) is 4.74 Å². The highest BCUT2D eigenvalue weighted by Crippen LogP contribution is 2.35. The van der Waals surface area contributed by atoms with Crippen molar-refractivity contribution in [3.63, 3.8) is 0 Å². The monoisotopic (exact) mass is 333 g/mol. The first-order chi connectivity index (χ1) is 9.63. The van der Waals surface area contributed by atoms with Gasteiger partial charge in [-0.05, 0) is 47.9 Å². The Kier molecular flexibility index (Phi) is 3.76. The van der Waals surface area contributed by atoms with Crippen LogP contribution in [0.2, 0.25) is 0 Å². The third kappa shape index (κ3) is 2.72. The molecule has 0 saturated carbocycles. The fourth-order valence-electron chi connectivity index (χ4n) is 2.55. The van der Waals surface area contributed by atoms with E-state index in [9.17, 15) is 5.11 Å². The Hall–Kier alpha value is -1.39. The minimum atomic E-state index is -0.613. The summed E-state index contributed by atoms with van der Waals surface area (Å²) in [7, 11) is 0. The molecular weight excluding hydrogens is 318 g/mol. The number of ether oxygens (including phenoxy) is 1. The molecule has 3 rings (SSSR count). The van der Waals surface area contributed by atoms with E-state index in [1.54, 1.807) is 6.20 Å². The third-order valence-corrected chi connectivity index (χ3v) is 3.97. The number of aryl methyl sites for hydroxylation is 1. The maximum atomic E-state index is 10.4. The number of halogens is 1. The molecule has 1 aromatic heterocycles. The summed E-state index contributed by atoms with van der Waals surface area (Å²) in [4.78, 5) is 4.25. The third-order valence-electron chi connectivity index (χ3n) is 3.52. The lowest BCUT2D eigenvalue weighted by molar-refractivity contribution is 0.172. The molecule has 2 heterocycles. The largest absolute Gasteiger partial charge is 0.493 e. The highest BCUT2D eigenvalue weighted by Gasteiger charge is 2.20. The van der Waals surface area contributed by atoms with Gasteiger partial charge in [0.05, 0.1) is 12.3 Å². The number of hydrogen-bond donors (Lipinski definition) is 1. The first-order valence-corrected chi connectivity index (χ1v) is 7.47. The Balaban J connectivity index is 1.88. The standard InChI is InChI=1S/C16H16BrNO2/c1-10-2-4-18-14(6-10)15(19)9-12-8-13(17)7-11-3-5-20-16(11)12/h2,4,6-8,15,19H,3,5,9H2,1H3.